The maximum Gasteiger partial charge on any atom is 0.295 e. The molecule has 1 saturated heterocycles. The maximum atomic E-state index is 12.5. The summed E-state index contributed by atoms with van der Waals surface area (Å²) in [7, 11) is 0. The number of carbonyl (C=O) groups is 2. The van der Waals surface area contributed by atoms with E-state index in [4.69, 9.17) is 5.73 Å². The molecule has 1 heterocycles. The molecule has 0 saturated carbocycles. The van der Waals surface area contributed by atoms with Crippen molar-refractivity contribution in [1.82, 2.24) is 4.90 Å². The van der Waals surface area contributed by atoms with E-state index in [9.17, 15) is 14.7 Å². The molecule has 1 fully saturated rings. The molecule has 0 aromatic heterocycles. The molecule has 0 aliphatic carbocycles. The molecule has 1 aliphatic rings. The van der Waals surface area contributed by atoms with Gasteiger partial charge in [-0.2, -0.15) is 0 Å². The van der Waals surface area contributed by atoms with Gasteiger partial charge in [0.1, 0.15) is 5.76 Å². The molecule has 1 unspecified atom stereocenters. The van der Waals surface area contributed by atoms with Crippen molar-refractivity contribution in [3.63, 3.8) is 0 Å². The molecule has 122 valence electrons. The van der Waals surface area contributed by atoms with Gasteiger partial charge in [0.25, 0.3) is 11.7 Å². The maximum absolute atomic E-state index is 12.5. The number of rotatable bonds is 4. The topological polar surface area (TPSA) is 83.6 Å². The first-order valence-electron chi connectivity index (χ1n) is 7.74. The van der Waals surface area contributed by atoms with E-state index in [-0.39, 0.29) is 24.4 Å². The monoisotopic (exact) mass is 322 g/mol. The molecule has 0 bridgehead atoms. The quantitative estimate of drug-likeness (QED) is 0.513. The Labute approximate surface area is 140 Å². The number of nitrogens with two attached hydrogens (primary N) is 1. The second-order valence-electron chi connectivity index (χ2n) is 5.56. The second kappa shape index (κ2) is 6.68. The van der Waals surface area contributed by atoms with Crippen LogP contribution in [0.1, 0.15) is 17.2 Å². The molecule has 2 aromatic carbocycles. The van der Waals surface area contributed by atoms with Crippen LogP contribution in [0.4, 0.5) is 0 Å². The number of nitrogens with zero attached hydrogens (tertiary/aromatic N) is 1. The summed E-state index contributed by atoms with van der Waals surface area (Å²) in [5.74, 6) is -1.48. The lowest BCUT2D eigenvalue weighted by Crippen LogP contribution is -2.34. The standard InChI is InChI=1S/C19H18N2O3/c20-11-12-21-16(13-7-3-1-4-8-13)15(18(23)19(21)24)17(22)14-9-5-2-6-10-14/h1-10,16,22H,11-12,20H2/b17-15-. The third kappa shape index (κ3) is 2.70. The molecular formula is C19H18N2O3. The first-order valence-corrected chi connectivity index (χ1v) is 7.74. The van der Waals surface area contributed by atoms with Crippen LogP contribution in [0.15, 0.2) is 66.2 Å². The van der Waals surface area contributed by atoms with Crippen LogP contribution >= 0.6 is 0 Å². The first-order chi connectivity index (χ1) is 11.6. The summed E-state index contributed by atoms with van der Waals surface area (Å²) in [4.78, 5) is 26.4. The third-order valence-electron chi connectivity index (χ3n) is 4.07. The summed E-state index contributed by atoms with van der Waals surface area (Å²) in [6.45, 7) is 0.484. The van der Waals surface area contributed by atoms with Gasteiger partial charge in [0.2, 0.25) is 0 Å². The van der Waals surface area contributed by atoms with Gasteiger partial charge in [0, 0.05) is 18.7 Å². The Balaban J connectivity index is 2.18. The summed E-state index contributed by atoms with van der Waals surface area (Å²) in [6.07, 6.45) is 0. The highest BCUT2D eigenvalue weighted by molar-refractivity contribution is 6.46. The number of hydrogen-bond acceptors (Lipinski definition) is 4. The van der Waals surface area contributed by atoms with E-state index in [1.165, 1.54) is 4.90 Å². The Morgan fingerprint density at radius 3 is 2.17 bits per heavy atom. The van der Waals surface area contributed by atoms with Crippen LogP contribution in [-0.2, 0) is 9.59 Å². The van der Waals surface area contributed by atoms with Crippen molar-refractivity contribution >= 4 is 17.4 Å². The van der Waals surface area contributed by atoms with Gasteiger partial charge in [-0.3, -0.25) is 9.59 Å². The van der Waals surface area contributed by atoms with Gasteiger partial charge < -0.3 is 15.7 Å². The molecule has 2 aromatic rings. The smallest absolute Gasteiger partial charge is 0.295 e. The van der Waals surface area contributed by atoms with Crippen molar-refractivity contribution in [2.75, 3.05) is 13.1 Å². The lowest BCUT2D eigenvalue weighted by atomic mass is 9.95. The fourth-order valence-electron chi connectivity index (χ4n) is 2.98. The minimum Gasteiger partial charge on any atom is -0.507 e. The number of aliphatic hydroxyl groups excluding tert-OH is 1. The van der Waals surface area contributed by atoms with Crippen LogP contribution < -0.4 is 5.73 Å². The second-order valence-corrected chi connectivity index (χ2v) is 5.56. The van der Waals surface area contributed by atoms with Gasteiger partial charge in [-0.15, -0.1) is 0 Å². The van der Waals surface area contributed by atoms with Crippen molar-refractivity contribution in [2.45, 2.75) is 6.04 Å². The average Bonchev–Trinajstić information content (AvgIpc) is 2.88. The van der Waals surface area contributed by atoms with Crippen molar-refractivity contribution in [3.05, 3.63) is 77.4 Å². The van der Waals surface area contributed by atoms with Gasteiger partial charge in [-0.05, 0) is 5.56 Å². The zero-order valence-corrected chi connectivity index (χ0v) is 13.1. The molecule has 0 spiro atoms. The fourth-order valence-corrected chi connectivity index (χ4v) is 2.98. The summed E-state index contributed by atoms with van der Waals surface area (Å²) in [5, 5.41) is 10.7. The van der Waals surface area contributed by atoms with Crippen molar-refractivity contribution in [1.29, 1.82) is 0 Å². The van der Waals surface area contributed by atoms with Gasteiger partial charge in [-0.25, -0.2) is 0 Å². The van der Waals surface area contributed by atoms with E-state index in [0.717, 1.165) is 5.56 Å². The normalized spacial score (nSPS) is 19.7. The Bertz CT molecular complexity index is 785. The minimum absolute atomic E-state index is 0.103. The van der Waals surface area contributed by atoms with E-state index in [1.54, 1.807) is 24.3 Å². The molecule has 5 nitrogen and oxygen atoms in total. The Hall–Kier alpha value is -2.92. The van der Waals surface area contributed by atoms with Crippen molar-refractivity contribution < 1.29 is 14.7 Å². The predicted octanol–water partition coefficient (Wildman–Crippen LogP) is 2.07. The number of likely N-dealkylation sites (tertiary alicyclic amines) is 1. The van der Waals surface area contributed by atoms with E-state index >= 15 is 0 Å². The number of benzene rings is 2. The lowest BCUT2D eigenvalue weighted by molar-refractivity contribution is -0.139. The average molecular weight is 322 g/mol. The Morgan fingerprint density at radius 1 is 1.00 bits per heavy atom. The number of Topliss-reactive ketones (excluding diaryl/α,β-unsaturated/α-hetero) is 1. The minimum atomic E-state index is -0.682. The Morgan fingerprint density at radius 2 is 1.58 bits per heavy atom. The van der Waals surface area contributed by atoms with Gasteiger partial charge >= 0.3 is 0 Å². The Kier molecular flexibility index (Phi) is 4.44. The molecular weight excluding hydrogens is 304 g/mol. The van der Waals surface area contributed by atoms with Crippen LogP contribution in [0.25, 0.3) is 5.76 Å². The zero-order chi connectivity index (χ0) is 17.1. The van der Waals surface area contributed by atoms with E-state index < -0.39 is 17.7 Å². The molecule has 1 aliphatic heterocycles. The molecule has 1 amide bonds. The molecule has 24 heavy (non-hydrogen) atoms. The molecule has 1 atom stereocenters. The van der Waals surface area contributed by atoms with E-state index in [0.29, 0.717) is 5.56 Å². The van der Waals surface area contributed by atoms with E-state index in [2.05, 4.69) is 0 Å². The van der Waals surface area contributed by atoms with Crippen LogP contribution in [0.3, 0.4) is 0 Å². The number of hydrogen-bond donors (Lipinski definition) is 2. The van der Waals surface area contributed by atoms with Crippen LogP contribution in [0.2, 0.25) is 0 Å². The largest absolute Gasteiger partial charge is 0.507 e. The zero-order valence-electron chi connectivity index (χ0n) is 13.1. The predicted molar refractivity (Wildman–Crippen MR) is 90.9 cm³/mol. The third-order valence-corrected chi connectivity index (χ3v) is 4.07. The first kappa shape index (κ1) is 16.0. The van der Waals surface area contributed by atoms with Crippen LogP contribution in [0.5, 0.6) is 0 Å². The summed E-state index contributed by atoms with van der Waals surface area (Å²) in [5.41, 5.74) is 6.98. The van der Waals surface area contributed by atoms with Gasteiger partial charge in [0.05, 0.1) is 11.6 Å². The van der Waals surface area contributed by atoms with Gasteiger partial charge in [-0.1, -0.05) is 60.7 Å². The number of ketones is 1. The number of amides is 1. The van der Waals surface area contributed by atoms with E-state index in [1.807, 2.05) is 36.4 Å². The highest BCUT2D eigenvalue weighted by Crippen LogP contribution is 2.38. The van der Waals surface area contributed by atoms with Gasteiger partial charge in [0.15, 0.2) is 0 Å². The summed E-state index contributed by atoms with van der Waals surface area (Å²) in [6, 6.07) is 17.3. The van der Waals surface area contributed by atoms with Crippen LogP contribution in [-0.4, -0.2) is 34.8 Å². The van der Waals surface area contributed by atoms with Crippen LogP contribution in [0, 0.1) is 0 Å². The highest BCUT2D eigenvalue weighted by atomic mass is 16.3. The lowest BCUT2D eigenvalue weighted by Gasteiger charge is -2.24. The van der Waals surface area contributed by atoms with Crippen molar-refractivity contribution in [2.24, 2.45) is 5.73 Å². The molecule has 5 heteroatoms. The molecule has 0 radical (unpaired) electrons. The summed E-state index contributed by atoms with van der Waals surface area (Å²) < 4.78 is 0. The SMILES string of the molecule is NCCN1C(=O)C(=O)/C(=C(\O)c2ccccc2)C1c1ccccc1. The highest BCUT2D eigenvalue weighted by Gasteiger charge is 2.45. The fraction of sp³-hybridized carbons (Fsp3) is 0.158. The van der Waals surface area contributed by atoms with Crippen molar-refractivity contribution in [3.8, 4) is 0 Å². The molecule has 3 rings (SSSR count). The molecule has 3 N–H and O–H groups in total. The number of aliphatic hydroxyl groups is 1. The summed E-state index contributed by atoms with van der Waals surface area (Å²) >= 11 is 0. The number of carbonyl (C=O) groups excluding carboxylic acids is 2.